The minimum absolute atomic E-state index is 0.411. The Kier molecular flexibility index (Phi) is 3.97. The van der Waals surface area contributed by atoms with E-state index in [2.05, 4.69) is 29.8 Å². The van der Waals surface area contributed by atoms with Crippen LogP contribution in [0.25, 0.3) is 0 Å². The van der Waals surface area contributed by atoms with E-state index in [4.69, 9.17) is 4.52 Å². The molecule has 0 aliphatic carbocycles. The Morgan fingerprint density at radius 3 is 2.05 bits per heavy atom. The summed E-state index contributed by atoms with van der Waals surface area (Å²) in [6.45, 7) is 6.04. The zero-order chi connectivity index (χ0) is 14.3. The van der Waals surface area contributed by atoms with E-state index in [1.54, 1.807) is 0 Å². The lowest BCUT2D eigenvalue weighted by atomic mass is 10.3. The third kappa shape index (κ3) is 2.69. The molecule has 1 aromatic rings. The fraction of sp³-hybridized carbons (Fsp3) is 0.571. The molecular weight excluding hydrogens is 339 g/mol. The summed E-state index contributed by atoms with van der Waals surface area (Å²) >= 11 is 3.40. The summed E-state index contributed by atoms with van der Waals surface area (Å²) in [5, 5.41) is 0. The van der Waals surface area contributed by atoms with Crippen molar-refractivity contribution in [3.63, 3.8) is 0 Å². The highest BCUT2D eigenvalue weighted by Crippen LogP contribution is 2.65. The second-order valence-corrected chi connectivity index (χ2v) is 8.51. The molecule has 2 aliphatic rings. The van der Waals surface area contributed by atoms with E-state index in [9.17, 15) is 4.57 Å². The lowest BCUT2D eigenvalue weighted by molar-refractivity contribution is 0.395. The lowest BCUT2D eigenvalue weighted by Gasteiger charge is -2.22. The molecule has 0 N–H and O–H groups in total. The summed E-state index contributed by atoms with van der Waals surface area (Å²) in [6.07, 6.45) is 2.05. The van der Waals surface area contributed by atoms with E-state index in [-0.39, 0.29) is 0 Å². The molecule has 0 spiro atoms. The molecule has 0 bridgehead atoms. The van der Waals surface area contributed by atoms with E-state index in [0.29, 0.717) is 17.8 Å². The monoisotopic (exact) mass is 358 g/mol. The van der Waals surface area contributed by atoms with Gasteiger partial charge in [-0.05, 0) is 37.1 Å². The van der Waals surface area contributed by atoms with Crippen LogP contribution in [0.1, 0.15) is 26.7 Å². The fourth-order valence-corrected chi connectivity index (χ4v) is 5.63. The highest BCUT2D eigenvalue weighted by molar-refractivity contribution is 9.10. The highest BCUT2D eigenvalue weighted by Gasteiger charge is 2.59. The normalized spacial score (nSPS) is 34.4. The van der Waals surface area contributed by atoms with Crippen LogP contribution < -0.4 is 4.52 Å². The largest absolute Gasteiger partial charge is 0.422 e. The molecule has 20 heavy (non-hydrogen) atoms. The van der Waals surface area contributed by atoms with Crippen molar-refractivity contribution < 1.29 is 9.09 Å². The quantitative estimate of drug-likeness (QED) is 0.565. The van der Waals surface area contributed by atoms with Crippen molar-refractivity contribution in [3.05, 3.63) is 28.7 Å². The summed E-state index contributed by atoms with van der Waals surface area (Å²) in [6, 6.07) is 8.39. The molecule has 0 aromatic heterocycles. The van der Waals surface area contributed by atoms with E-state index in [1.807, 2.05) is 33.6 Å². The van der Waals surface area contributed by atoms with Crippen molar-refractivity contribution in [2.24, 2.45) is 0 Å². The van der Waals surface area contributed by atoms with Gasteiger partial charge in [-0.2, -0.15) is 0 Å². The van der Waals surface area contributed by atoms with Gasteiger partial charge in [-0.3, -0.25) is 0 Å². The van der Waals surface area contributed by atoms with Crippen LogP contribution in [-0.4, -0.2) is 34.5 Å². The van der Waals surface area contributed by atoms with Crippen LogP contribution in [0.3, 0.4) is 0 Å². The maximum absolute atomic E-state index is 13.3. The molecule has 110 valence electrons. The number of halogens is 1. The summed E-state index contributed by atoms with van der Waals surface area (Å²) in [4.78, 5) is 0. The second-order valence-electron chi connectivity index (χ2n) is 5.40. The van der Waals surface area contributed by atoms with E-state index < -0.39 is 7.67 Å². The molecule has 3 rings (SSSR count). The molecule has 0 radical (unpaired) electrons. The Labute approximate surface area is 128 Å². The van der Waals surface area contributed by atoms with Crippen molar-refractivity contribution in [1.29, 1.82) is 0 Å². The predicted octanol–water partition coefficient (Wildman–Crippen LogP) is 4.12. The molecule has 2 aliphatic heterocycles. The Morgan fingerprint density at radius 1 is 1.15 bits per heavy atom. The first-order valence-electron chi connectivity index (χ1n) is 7.18. The van der Waals surface area contributed by atoms with Crippen molar-refractivity contribution >= 4 is 23.6 Å². The summed E-state index contributed by atoms with van der Waals surface area (Å²) < 4.78 is 24.4. The van der Waals surface area contributed by atoms with Gasteiger partial charge in [-0.15, -0.1) is 0 Å². The van der Waals surface area contributed by atoms with Crippen LogP contribution in [0.2, 0.25) is 0 Å². The van der Waals surface area contributed by atoms with Crippen LogP contribution in [0.5, 0.6) is 5.75 Å². The number of rotatable bonds is 6. The third-order valence-electron chi connectivity index (χ3n) is 4.00. The Bertz CT molecular complexity index is 514. The molecule has 2 fully saturated rings. The molecule has 4 nitrogen and oxygen atoms in total. The molecule has 1 aromatic carbocycles. The van der Waals surface area contributed by atoms with Gasteiger partial charge >= 0.3 is 7.67 Å². The maximum Gasteiger partial charge on any atom is 0.396 e. The van der Waals surface area contributed by atoms with Gasteiger partial charge in [0.1, 0.15) is 5.75 Å². The van der Waals surface area contributed by atoms with Crippen molar-refractivity contribution in [2.75, 3.05) is 13.1 Å². The zero-order valence-corrected chi connectivity index (χ0v) is 14.3. The third-order valence-corrected chi connectivity index (χ3v) is 7.26. The number of nitrogens with zero attached hydrogens (tertiary/aromatic N) is 2. The number of benzene rings is 1. The molecule has 5 atom stereocenters. The molecule has 0 amide bonds. The Morgan fingerprint density at radius 2 is 1.65 bits per heavy atom. The van der Waals surface area contributed by atoms with Crippen LogP contribution in [0.4, 0.5) is 0 Å². The van der Waals surface area contributed by atoms with Crippen molar-refractivity contribution in [3.8, 4) is 5.75 Å². The molecule has 2 saturated heterocycles. The SMILES string of the molecule is CC[C@@H]1CN1P(=O)(Oc1ccc(Br)cc1)N1C[C@@H]1CC. The molecule has 2 heterocycles. The zero-order valence-electron chi connectivity index (χ0n) is 11.8. The first-order chi connectivity index (χ1) is 9.58. The topological polar surface area (TPSA) is 32.3 Å². The van der Waals surface area contributed by atoms with E-state index in [1.165, 1.54) is 0 Å². The predicted molar refractivity (Wildman–Crippen MR) is 83.9 cm³/mol. The first-order valence-corrected chi connectivity index (χ1v) is 9.50. The molecule has 6 heteroatoms. The average molecular weight is 359 g/mol. The van der Waals surface area contributed by atoms with Gasteiger partial charge in [-0.25, -0.2) is 13.9 Å². The first kappa shape index (κ1) is 14.6. The minimum Gasteiger partial charge on any atom is -0.422 e. The van der Waals surface area contributed by atoms with Gasteiger partial charge in [0.05, 0.1) is 0 Å². The Balaban J connectivity index is 1.80. The van der Waals surface area contributed by atoms with Crippen LogP contribution in [0, 0.1) is 0 Å². The number of hydrogen-bond donors (Lipinski definition) is 0. The van der Waals surface area contributed by atoms with Gasteiger partial charge in [-0.1, -0.05) is 29.8 Å². The second kappa shape index (κ2) is 5.45. The van der Waals surface area contributed by atoms with Gasteiger partial charge in [0, 0.05) is 29.6 Å². The fourth-order valence-electron chi connectivity index (χ4n) is 2.52. The van der Waals surface area contributed by atoms with Crippen molar-refractivity contribution in [2.45, 2.75) is 38.8 Å². The molecule has 0 saturated carbocycles. The van der Waals surface area contributed by atoms with Gasteiger partial charge in [0.25, 0.3) is 0 Å². The minimum atomic E-state index is -2.87. The van der Waals surface area contributed by atoms with Crippen LogP contribution in [0.15, 0.2) is 28.7 Å². The Hall–Kier alpha value is -0.350. The summed E-state index contributed by atoms with van der Waals surface area (Å²) in [5.41, 5.74) is 0. The summed E-state index contributed by atoms with van der Waals surface area (Å²) in [7, 11) is -2.87. The number of hydrogen-bond acceptors (Lipinski definition) is 2. The molecule has 3 unspecified atom stereocenters. The van der Waals surface area contributed by atoms with Crippen molar-refractivity contribution in [1.82, 2.24) is 9.34 Å². The van der Waals surface area contributed by atoms with Crippen LogP contribution >= 0.6 is 23.6 Å². The standard InChI is InChI=1S/C14H20BrN2O2P/c1-3-12-9-16(12)20(18,17-10-13(17)4-2)19-14-7-5-11(15)6-8-14/h5-8,12-13H,3-4,9-10H2,1-2H3/t12-,13+,16?,17?,20?. The lowest BCUT2D eigenvalue weighted by Crippen LogP contribution is -2.14. The van der Waals surface area contributed by atoms with Gasteiger partial charge < -0.3 is 4.52 Å². The maximum atomic E-state index is 13.3. The van der Waals surface area contributed by atoms with E-state index in [0.717, 1.165) is 30.4 Å². The van der Waals surface area contributed by atoms with Gasteiger partial charge in [0.15, 0.2) is 0 Å². The van der Waals surface area contributed by atoms with E-state index >= 15 is 0 Å². The van der Waals surface area contributed by atoms with Gasteiger partial charge in [0.2, 0.25) is 0 Å². The van der Waals surface area contributed by atoms with Crippen LogP contribution in [-0.2, 0) is 4.57 Å². The highest BCUT2D eigenvalue weighted by atomic mass is 79.9. The summed E-state index contributed by atoms with van der Waals surface area (Å²) in [5.74, 6) is 0.681. The smallest absolute Gasteiger partial charge is 0.396 e. The average Bonchev–Trinajstić information content (AvgIpc) is 3.34. The molecular formula is C14H20BrN2O2P.